The van der Waals surface area contributed by atoms with E-state index in [9.17, 15) is 18.0 Å². The number of anilines is 3. The van der Waals surface area contributed by atoms with Gasteiger partial charge in [-0.3, -0.25) is 9.48 Å². The SMILES string of the molecule is C.CC[C@H]1C(=O)N(C)c2cnc(NCc3cnn(Cc4cc(F)c(F)c(F)c4)c3)nc2N1CC. The molecule has 3 heterocycles. The van der Waals surface area contributed by atoms with E-state index in [4.69, 9.17) is 0 Å². The molecule has 0 radical (unpaired) electrons. The third kappa shape index (κ3) is 4.68. The van der Waals surface area contributed by atoms with Gasteiger partial charge in [0.15, 0.2) is 23.3 Å². The third-order valence-corrected chi connectivity index (χ3v) is 5.63. The highest BCUT2D eigenvalue weighted by atomic mass is 19.2. The molecule has 4 rings (SSSR count). The van der Waals surface area contributed by atoms with E-state index in [1.54, 1.807) is 30.5 Å². The molecule has 1 N–H and O–H groups in total. The molecule has 182 valence electrons. The van der Waals surface area contributed by atoms with Gasteiger partial charge in [0.25, 0.3) is 0 Å². The second kappa shape index (κ2) is 10.1. The zero-order chi connectivity index (χ0) is 23.7. The number of carbonyl (C=O) groups excluding carboxylic acids is 1. The first-order valence-electron chi connectivity index (χ1n) is 10.6. The molecule has 0 spiro atoms. The van der Waals surface area contributed by atoms with Crippen molar-refractivity contribution in [3.8, 4) is 0 Å². The minimum absolute atomic E-state index is 0. The van der Waals surface area contributed by atoms with Gasteiger partial charge in [-0.15, -0.1) is 0 Å². The first-order chi connectivity index (χ1) is 15.8. The van der Waals surface area contributed by atoms with Crippen LogP contribution in [0.4, 0.5) is 30.6 Å². The average Bonchev–Trinajstić information content (AvgIpc) is 3.25. The van der Waals surface area contributed by atoms with Crippen LogP contribution < -0.4 is 15.1 Å². The Morgan fingerprint density at radius 3 is 2.44 bits per heavy atom. The molecular formula is C23H28F3N7O. The maximum absolute atomic E-state index is 13.4. The highest BCUT2D eigenvalue weighted by Crippen LogP contribution is 2.34. The Hall–Kier alpha value is -3.63. The van der Waals surface area contributed by atoms with Crippen LogP contribution in [0.25, 0.3) is 0 Å². The monoisotopic (exact) mass is 475 g/mol. The summed E-state index contributed by atoms with van der Waals surface area (Å²) in [5.41, 5.74) is 1.71. The molecule has 0 bridgehead atoms. The number of halogens is 3. The zero-order valence-electron chi connectivity index (χ0n) is 18.5. The predicted molar refractivity (Wildman–Crippen MR) is 124 cm³/mol. The average molecular weight is 476 g/mol. The van der Waals surface area contributed by atoms with E-state index in [0.717, 1.165) is 17.7 Å². The number of fused-ring (bicyclic) bond motifs is 1. The van der Waals surface area contributed by atoms with Crippen molar-refractivity contribution in [3.05, 3.63) is 59.3 Å². The fraction of sp³-hybridized carbons (Fsp3) is 0.391. The summed E-state index contributed by atoms with van der Waals surface area (Å²) in [5, 5.41) is 7.33. The molecule has 11 heteroatoms. The highest BCUT2D eigenvalue weighted by molar-refractivity contribution is 6.04. The number of carbonyl (C=O) groups is 1. The van der Waals surface area contributed by atoms with Gasteiger partial charge in [-0.05, 0) is 31.0 Å². The van der Waals surface area contributed by atoms with Crippen molar-refractivity contribution in [2.75, 3.05) is 28.7 Å². The van der Waals surface area contributed by atoms with Gasteiger partial charge < -0.3 is 15.1 Å². The summed E-state index contributed by atoms with van der Waals surface area (Å²) in [7, 11) is 1.72. The Labute approximate surface area is 196 Å². The van der Waals surface area contributed by atoms with Crippen molar-refractivity contribution >= 4 is 23.4 Å². The highest BCUT2D eigenvalue weighted by Gasteiger charge is 2.36. The number of nitrogens with zero attached hydrogens (tertiary/aromatic N) is 6. The molecule has 8 nitrogen and oxygen atoms in total. The number of hydrogen-bond acceptors (Lipinski definition) is 6. The normalized spacial score (nSPS) is 15.2. The molecule has 3 aromatic rings. The van der Waals surface area contributed by atoms with Gasteiger partial charge in [-0.2, -0.15) is 10.1 Å². The smallest absolute Gasteiger partial charge is 0.249 e. The Balaban J connectivity index is 0.00000324. The molecule has 0 fully saturated rings. The van der Waals surface area contributed by atoms with Crippen molar-refractivity contribution in [3.63, 3.8) is 0 Å². The van der Waals surface area contributed by atoms with Gasteiger partial charge in [-0.1, -0.05) is 14.4 Å². The van der Waals surface area contributed by atoms with E-state index in [1.807, 2.05) is 18.7 Å². The number of benzene rings is 1. The van der Waals surface area contributed by atoms with Crippen LogP contribution in [0.1, 0.15) is 38.8 Å². The van der Waals surface area contributed by atoms with Gasteiger partial charge in [0.1, 0.15) is 11.7 Å². The molecule has 1 aromatic carbocycles. The number of aromatic nitrogens is 4. The maximum atomic E-state index is 13.4. The summed E-state index contributed by atoms with van der Waals surface area (Å²) >= 11 is 0. The molecule has 1 amide bonds. The second-order valence-corrected chi connectivity index (χ2v) is 7.78. The number of hydrogen-bond donors (Lipinski definition) is 1. The van der Waals surface area contributed by atoms with Crippen LogP contribution in [-0.4, -0.2) is 45.3 Å². The molecule has 0 saturated heterocycles. The molecule has 2 aromatic heterocycles. The van der Waals surface area contributed by atoms with Gasteiger partial charge in [0, 0.05) is 31.9 Å². The minimum atomic E-state index is -1.49. The van der Waals surface area contributed by atoms with Crippen molar-refractivity contribution in [1.29, 1.82) is 0 Å². The first kappa shape index (κ1) is 25.0. The van der Waals surface area contributed by atoms with Crippen molar-refractivity contribution in [2.45, 2.75) is 46.8 Å². The van der Waals surface area contributed by atoms with Crippen LogP contribution in [0.15, 0.2) is 30.7 Å². The Morgan fingerprint density at radius 2 is 1.79 bits per heavy atom. The van der Waals surface area contributed by atoms with Crippen molar-refractivity contribution in [2.24, 2.45) is 0 Å². The van der Waals surface area contributed by atoms with Crippen molar-refractivity contribution < 1.29 is 18.0 Å². The summed E-state index contributed by atoms with van der Waals surface area (Å²) in [4.78, 5) is 25.1. The van der Waals surface area contributed by atoms with Crippen molar-refractivity contribution in [1.82, 2.24) is 19.7 Å². The van der Waals surface area contributed by atoms with Crippen LogP contribution >= 0.6 is 0 Å². The fourth-order valence-electron chi connectivity index (χ4n) is 3.94. The second-order valence-electron chi connectivity index (χ2n) is 7.78. The third-order valence-electron chi connectivity index (χ3n) is 5.63. The standard InChI is InChI=1S/C22H24F3N7O.CH4/c1-4-17-21(33)30(3)18-10-27-22(29-20(18)32(17)5-2)26-8-14-9-28-31(12-14)11-13-6-15(23)19(25)16(24)7-13;/h6-7,9-10,12,17H,4-5,8,11H2,1-3H3,(H,26,27,29);1H4/t17-;/m0./s1. The largest absolute Gasteiger partial charge is 0.350 e. The van der Waals surface area contributed by atoms with Crippen LogP contribution in [-0.2, 0) is 17.9 Å². The summed E-state index contributed by atoms with van der Waals surface area (Å²) in [6.45, 7) is 5.04. The lowest BCUT2D eigenvalue weighted by Gasteiger charge is -2.39. The fourth-order valence-corrected chi connectivity index (χ4v) is 3.94. The Kier molecular flexibility index (Phi) is 7.43. The molecule has 0 saturated carbocycles. The van der Waals surface area contributed by atoms with Crippen LogP contribution in [0.2, 0.25) is 0 Å². The van der Waals surface area contributed by atoms with E-state index in [-0.39, 0.29) is 31.5 Å². The molecule has 34 heavy (non-hydrogen) atoms. The van der Waals surface area contributed by atoms with E-state index in [2.05, 4.69) is 20.4 Å². The number of amides is 1. The van der Waals surface area contributed by atoms with Crippen LogP contribution in [0, 0.1) is 17.5 Å². The molecule has 1 aliphatic heterocycles. The van der Waals surface area contributed by atoms with E-state index >= 15 is 0 Å². The van der Waals surface area contributed by atoms with Gasteiger partial charge in [0.05, 0.1) is 18.9 Å². The van der Waals surface area contributed by atoms with E-state index in [1.165, 1.54) is 4.68 Å². The Bertz CT molecular complexity index is 1160. The number of likely N-dealkylation sites (N-methyl/N-ethyl adjacent to an activating group) is 2. The predicted octanol–water partition coefficient (Wildman–Crippen LogP) is 3.97. The number of nitrogens with one attached hydrogen (secondary N) is 1. The molecule has 0 unspecified atom stereocenters. The number of rotatable bonds is 7. The molecule has 0 aliphatic carbocycles. The quantitative estimate of drug-likeness (QED) is 0.521. The van der Waals surface area contributed by atoms with Gasteiger partial charge in [0.2, 0.25) is 11.9 Å². The van der Waals surface area contributed by atoms with Gasteiger partial charge in [-0.25, -0.2) is 18.2 Å². The lowest BCUT2D eigenvalue weighted by Crippen LogP contribution is -2.52. The summed E-state index contributed by atoms with van der Waals surface area (Å²) in [6.07, 6.45) is 5.62. The first-order valence-corrected chi connectivity index (χ1v) is 10.6. The minimum Gasteiger partial charge on any atom is -0.350 e. The summed E-state index contributed by atoms with van der Waals surface area (Å²) in [5.74, 6) is -2.84. The lowest BCUT2D eigenvalue weighted by molar-refractivity contribution is -0.120. The van der Waals surface area contributed by atoms with E-state index in [0.29, 0.717) is 37.0 Å². The van der Waals surface area contributed by atoms with E-state index < -0.39 is 17.5 Å². The zero-order valence-corrected chi connectivity index (χ0v) is 18.5. The maximum Gasteiger partial charge on any atom is 0.249 e. The van der Waals surface area contributed by atoms with Crippen LogP contribution in [0.5, 0.6) is 0 Å². The molecule has 1 atom stereocenters. The molecular weight excluding hydrogens is 447 g/mol. The summed E-state index contributed by atoms with van der Waals surface area (Å²) < 4.78 is 41.5. The summed E-state index contributed by atoms with van der Waals surface area (Å²) in [6, 6.07) is 1.63. The Morgan fingerprint density at radius 1 is 1.09 bits per heavy atom. The van der Waals surface area contributed by atoms with Crippen LogP contribution in [0.3, 0.4) is 0 Å². The molecule has 1 aliphatic rings. The lowest BCUT2D eigenvalue weighted by atomic mass is 10.1. The topological polar surface area (TPSA) is 79.2 Å². The van der Waals surface area contributed by atoms with Gasteiger partial charge >= 0.3 is 0 Å².